The van der Waals surface area contributed by atoms with Crippen LogP contribution in [0.1, 0.15) is 35.0 Å². The SMILES string of the molecule is CCc1cccnc1Cn1c(C)c(C)c(C#N)c1N. The number of nitrogens with zero attached hydrogens (tertiary/aromatic N) is 3. The van der Waals surface area contributed by atoms with Crippen LogP contribution in [-0.4, -0.2) is 9.55 Å². The van der Waals surface area contributed by atoms with E-state index in [1.807, 2.05) is 24.5 Å². The summed E-state index contributed by atoms with van der Waals surface area (Å²) in [5, 5.41) is 9.14. The molecule has 4 heteroatoms. The molecule has 0 saturated carbocycles. The van der Waals surface area contributed by atoms with Gasteiger partial charge in [-0.15, -0.1) is 0 Å². The number of pyridine rings is 1. The topological polar surface area (TPSA) is 67.6 Å². The van der Waals surface area contributed by atoms with Crippen molar-refractivity contribution in [2.24, 2.45) is 0 Å². The summed E-state index contributed by atoms with van der Waals surface area (Å²) in [4.78, 5) is 4.43. The van der Waals surface area contributed by atoms with Crippen LogP contribution in [0.4, 0.5) is 5.82 Å². The highest BCUT2D eigenvalue weighted by Gasteiger charge is 2.16. The summed E-state index contributed by atoms with van der Waals surface area (Å²) in [5.41, 5.74) is 10.9. The monoisotopic (exact) mass is 254 g/mol. The predicted molar refractivity (Wildman–Crippen MR) is 75.8 cm³/mol. The highest BCUT2D eigenvalue weighted by molar-refractivity contribution is 5.58. The van der Waals surface area contributed by atoms with Crippen LogP contribution < -0.4 is 5.73 Å². The molecule has 98 valence electrons. The molecule has 0 bridgehead atoms. The Bertz CT molecular complexity index is 647. The molecule has 0 aliphatic carbocycles. The van der Waals surface area contributed by atoms with Gasteiger partial charge in [-0.2, -0.15) is 5.26 Å². The first-order chi connectivity index (χ1) is 9.10. The number of nitrogen functional groups attached to an aromatic ring is 1. The number of anilines is 1. The fourth-order valence-electron chi connectivity index (χ4n) is 2.32. The van der Waals surface area contributed by atoms with Crippen LogP contribution in [0.2, 0.25) is 0 Å². The van der Waals surface area contributed by atoms with E-state index in [4.69, 9.17) is 11.0 Å². The fraction of sp³-hybridized carbons (Fsp3) is 0.333. The lowest BCUT2D eigenvalue weighted by atomic mass is 10.1. The Kier molecular flexibility index (Phi) is 3.57. The smallest absolute Gasteiger partial charge is 0.122 e. The van der Waals surface area contributed by atoms with Crippen LogP contribution in [0.5, 0.6) is 0 Å². The van der Waals surface area contributed by atoms with Crippen molar-refractivity contribution in [2.75, 3.05) is 5.73 Å². The molecule has 4 nitrogen and oxygen atoms in total. The first-order valence-corrected chi connectivity index (χ1v) is 6.38. The number of hydrogen-bond donors (Lipinski definition) is 1. The maximum absolute atomic E-state index is 9.14. The predicted octanol–water partition coefficient (Wildman–Crippen LogP) is 2.56. The zero-order chi connectivity index (χ0) is 14.0. The maximum Gasteiger partial charge on any atom is 0.122 e. The van der Waals surface area contributed by atoms with Crippen molar-refractivity contribution in [3.63, 3.8) is 0 Å². The quantitative estimate of drug-likeness (QED) is 0.915. The number of hydrogen-bond acceptors (Lipinski definition) is 3. The van der Waals surface area contributed by atoms with Gasteiger partial charge in [0.15, 0.2) is 0 Å². The Balaban J connectivity index is 2.48. The third-order valence-corrected chi connectivity index (χ3v) is 3.65. The summed E-state index contributed by atoms with van der Waals surface area (Å²) in [6.07, 6.45) is 2.73. The molecular formula is C15H18N4. The van der Waals surface area contributed by atoms with Gasteiger partial charge in [-0.3, -0.25) is 4.98 Å². The number of nitriles is 1. The van der Waals surface area contributed by atoms with Gasteiger partial charge in [-0.1, -0.05) is 13.0 Å². The maximum atomic E-state index is 9.14. The Hall–Kier alpha value is -2.28. The molecule has 0 amide bonds. The zero-order valence-electron chi connectivity index (χ0n) is 11.6. The molecule has 2 heterocycles. The minimum atomic E-state index is 0.533. The van der Waals surface area contributed by atoms with E-state index in [0.717, 1.165) is 23.4 Å². The zero-order valence-corrected chi connectivity index (χ0v) is 11.6. The molecular weight excluding hydrogens is 236 g/mol. The molecule has 0 saturated heterocycles. The van der Waals surface area contributed by atoms with Gasteiger partial charge >= 0.3 is 0 Å². The summed E-state index contributed by atoms with van der Waals surface area (Å²) in [7, 11) is 0. The van der Waals surface area contributed by atoms with Crippen molar-refractivity contribution in [3.8, 4) is 6.07 Å². The van der Waals surface area contributed by atoms with E-state index in [9.17, 15) is 0 Å². The molecule has 2 aromatic rings. The fourth-order valence-corrected chi connectivity index (χ4v) is 2.32. The van der Waals surface area contributed by atoms with Gasteiger partial charge in [-0.05, 0) is 37.5 Å². The lowest BCUT2D eigenvalue weighted by Crippen LogP contribution is -2.09. The molecule has 19 heavy (non-hydrogen) atoms. The molecule has 0 unspecified atom stereocenters. The van der Waals surface area contributed by atoms with Gasteiger partial charge in [0.1, 0.15) is 11.9 Å². The Morgan fingerprint density at radius 1 is 1.42 bits per heavy atom. The second-order valence-corrected chi connectivity index (χ2v) is 4.63. The van der Waals surface area contributed by atoms with E-state index in [0.29, 0.717) is 17.9 Å². The molecule has 2 aromatic heterocycles. The van der Waals surface area contributed by atoms with Crippen molar-refractivity contribution < 1.29 is 0 Å². The van der Waals surface area contributed by atoms with E-state index in [1.165, 1.54) is 5.56 Å². The normalized spacial score (nSPS) is 10.4. The van der Waals surface area contributed by atoms with E-state index in [-0.39, 0.29) is 0 Å². The summed E-state index contributed by atoms with van der Waals surface area (Å²) < 4.78 is 1.97. The van der Waals surface area contributed by atoms with Gasteiger partial charge in [0.25, 0.3) is 0 Å². The first kappa shape index (κ1) is 13.2. The van der Waals surface area contributed by atoms with Gasteiger partial charge < -0.3 is 10.3 Å². The standard InChI is InChI=1S/C15H18N4/c1-4-12-6-5-7-18-14(12)9-19-11(3)10(2)13(8-16)15(19)17/h5-7H,4,9,17H2,1-3H3. The molecule has 2 N–H and O–H groups in total. The Morgan fingerprint density at radius 2 is 2.16 bits per heavy atom. The third-order valence-electron chi connectivity index (χ3n) is 3.65. The number of rotatable bonds is 3. The molecule has 2 rings (SSSR count). The van der Waals surface area contributed by atoms with E-state index in [1.54, 1.807) is 6.20 Å². The number of nitrogens with two attached hydrogens (primary N) is 1. The summed E-state index contributed by atoms with van der Waals surface area (Å²) in [6.45, 7) is 6.64. The van der Waals surface area contributed by atoms with Gasteiger partial charge in [0, 0.05) is 11.9 Å². The highest BCUT2D eigenvalue weighted by Crippen LogP contribution is 2.24. The van der Waals surface area contributed by atoms with Crippen molar-refractivity contribution in [3.05, 3.63) is 46.4 Å². The van der Waals surface area contributed by atoms with E-state index in [2.05, 4.69) is 24.0 Å². The molecule has 0 spiro atoms. The molecule has 0 aliphatic heterocycles. The summed E-state index contributed by atoms with van der Waals surface area (Å²) in [6, 6.07) is 6.20. The van der Waals surface area contributed by atoms with Gasteiger partial charge in [0.05, 0.1) is 17.8 Å². The molecule has 0 fully saturated rings. The van der Waals surface area contributed by atoms with Crippen LogP contribution in [0.15, 0.2) is 18.3 Å². The average molecular weight is 254 g/mol. The highest BCUT2D eigenvalue weighted by atomic mass is 15.1. The van der Waals surface area contributed by atoms with Crippen LogP contribution >= 0.6 is 0 Å². The average Bonchev–Trinajstić information content (AvgIpc) is 2.63. The Morgan fingerprint density at radius 3 is 2.74 bits per heavy atom. The first-order valence-electron chi connectivity index (χ1n) is 6.38. The lowest BCUT2D eigenvalue weighted by Gasteiger charge is -2.11. The van der Waals surface area contributed by atoms with Crippen molar-refractivity contribution in [2.45, 2.75) is 33.7 Å². The largest absolute Gasteiger partial charge is 0.384 e. The molecule has 0 aliphatic rings. The second-order valence-electron chi connectivity index (χ2n) is 4.63. The van der Waals surface area contributed by atoms with Crippen LogP contribution in [0.3, 0.4) is 0 Å². The van der Waals surface area contributed by atoms with Gasteiger partial charge in [-0.25, -0.2) is 0 Å². The Labute approximate surface area is 113 Å². The number of aryl methyl sites for hydroxylation is 1. The van der Waals surface area contributed by atoms with Crippen LogP contribution in [-0.2, 0) is 13.0 Å². The van der Waals surface area contributed by atoms with E-state index < -0.39 is 0 Å². The van der Waals surface area contributed by atoms with Crippen LogP contribution in [0.25, 0.3) is 0 Å². The van der Waals surface area contributed by atoms with Gasteiger partial charge in [0.2, 0.25) is 0 Å². The van der Waals surface area contributed by atoms with Crippen molar-refractivity contribution in [1.82, 2.24) is 9.55 Å². The summed E-state index contributed by atoms with van der Waals surface area (Å²) in [5.74, 6) is 0.533. The third kappa shape index (κ3) is 2.19. The number of aromatic nitrogens is 2. The molecule has 0 atom stereocenters. The lowest BCUT2D eigenvalue weighted by molar-refractivity contribution is 0.750. The second kappa shape index (κ2) is 5.15. The van der Waals surface area contributed by atoms with Crippen molar-refractivity contribution in [1.29, 1.82) is 5.26 Å². The minimum absolute atomic E-state index is 0.533. The molecule has 0 aromatic carbocycles. The van der Waals surface area contributed by atoms with Crippen molar-refractivity contribution >= 4 is 5.82 Å². The molecule has 0 radical (unpaired) electrons. The van der Waals surface area contributed by atoms with Crippen LogP contribution in [0, 0.1) is 25.2 Å². The van der Waals surface area contributed by atoms with E-state index >= 15 is 0 Å². The summed E-state index contributed by atoms with van der Waals surface area (Å²) >= 11 is 0. The minimum Gasteiger partial charge on any atom is -0.384 e.